The number of pyridine rings is 1. The number of piperidine rings is 1. The summed E-state index contributed by atoms with van der Waals surface area (Å²) in [6, 6.07) is 9.65. The minimum Gasteiger partial charge on any atom is -0.338 e. The van der Waals surface area contributed by atoms with Gasteiger partial charge in [-0.05, 0) is 42.7 Å². The zero-order valence-electron chi connectivity index (χ0n) is 17.1. The number of carbonyl (C=O) groups excluding carboxylic acids is 2. The van der Waals surface area contributed by atoms with Crippen molar-refractivity contribution in [1.29, 1.82) is 0 Å². The maximum atomic E-state index is 13.7. The van der Waals surface area contributed by atoms with E-state index in [0.29, 0.717) is 38.3 Å². The highest BCUT2D eigenvalue weighted by Gasteiger charge is 2.35. The molecule has 2 aliphatic heterocycles. The van der Waals surface area contributed by atoms with Gasteiger partial charge < -0.3 is 15.1 Å². The number of halogens is 3. The highest BCUT2D eigenvalue weighted by molar-refractivity contribution is 5.94. The number of carbonyl (C=O) groups is 2. The van der Waals surface area contributed by atoms with Crippen molar-refractivity contribution < 1.29 is 14.0 Å². The van der Waals surface area contributed by atoms with Crippen molar-refractivity contribution in [2.45, 2.75) is 18.9 Å². The van der Waals surface area contributed by atoms with E-state index in [0.717, 1.165) is 18.4 Å². The molecule has 2 atom stereocenters. The molecule has 0 radical (unpaired) electrons. The zero-order chi connectivity index (χ0) is 20.2. The first-order valence-corrected chi connectivity index (χ1v) is 10.1. The monoisotopic (exact) mass is 468 g/mol. The van der Waals surface area contributed by atoms with Crippen LogP contribution in [0.4, 0.5) is 4.39 Å². The Hall–Kier alpha value is -2.22. The number of nitrogens with one attached hydrogen (secondary N) is 1. The Morgan fingerprint density at radius 1 is 1.10 bits per heavy atom. The second-order valence-electron chi connectivity index (χ2n) is 7.63. The normalized spacial score (nSPS) is 20.9. The van der Waals surface area contributed by atoms with E-state index in [9.17, 15) is 14.0 Å². The van der Waals surface area contributed by atoms with Crippen molar-refractivity contribution in [1.82, 2.24) is 20.1 Å². The van der Waals surface area contributed by atoms with Gasteiger partial charge in [0.15, 0.2) is 0 Å². The second-order valence-corrected chi connectivity index (χ2v) is 7.63. The first-order valence-electron chi connectivity index (χ1n) is 10.1. The Labute approximate surface area is 194 Å². The molecule has 0 saturated carbocycles. The molecule has 168 valence electrons. The van der Waals surface area contributed by atoms with Crippen molar-refractivity contribution in [3.63, 3.8) is 0 Å². The van der Waals surface area contributed by atoms with Gasteiger partial charge in [0, 0.05) is 50.7 Å². The van der Waals surface area contributed by atoms with Gasteiger partial charge in [0.2, 0.25) is 5.91 Å². The summed E-state index contributed by atoms with van der Waals surface area (Å²) >= 11 is 0. The minimum absolute atomic E-state index is 0. The van der Waals surface area contributed by atoms with Crippen LogP contribution in [0.3, 0.4) is 0 Å². The quantitative estimate of drug-likeness (QED) is 0.751. The lowest BCUT2D eigenvalue weighted by Crippen LogP contribution is -2.53. The minimum atomic E-state index is -0.299. The first-order chi connectivity index (χ1) is 14.1. The van der Waals surface area contributed by atoms with E-state index in [-0.39, 0.29) is 54.4 Å². The van der Waals surface area contributed by atoms with Gasteiger partial charge in [-0.15, -0.1) is 24.8 Å². The van der Waals surface area contributed by atoms with Crippen LogP contribution in [0.1, 0.15) is 34.8 Å². The van der Waals surface area contributed by atoms with Gasteiger partial charge in [-0.3, -0.25) is 14.6 Å². The Bertz CT molecular complexity index is 887. The largest absolute Gasteiger partial charge is 0.338 e. The third-order valence-corrected chi connectivity index (χ3v) is 5.75. The van der Waals surface area contributed by atoms with Crippen molar-refractivity contribution >= 4 is 36.6 Å². The molecule has 2 amide bonds. The van der Waals surface area contributed by atoms with Crippen LogP contribution in [0, 0.1) is 11.7 Å². The number of likely N-dealkylation sites (tertiary alicyclic amines) is 1. The molecule has 3 heterocycles. The van der Waals surface area contributed by atoms with Crippen LogP contribution in [-0.4, -0.2) is 59.3 Å². The molecule has 9 heteroatoms. The standard InChI is InChI=1S/C22H25FN4O2.2ClH/c23-19-5-1-3-17(13-19)20-14-25-10-12-27(20)22(29)18-4-2-11-26(15-18)21(28)16-6-8-24-9-7-16;;/h1,3,5-9,13,18,20,25H,2,4,10-12,14-15H2;2*1H. The van der Waals surface area contributed by atoms with Gasteiger partial charge in [0.25, 0.3) is 5.91 Å². The zero-order valence-corrected chi connectivity index (χ0v) is 18.7. The van der Waals surface area contributed by atoms with Gasteiger partial charge in [-0.25, -0.2) is 4.39 Å². The number of rotatable bonds is 3. The fraction of sp³-hybridized carbons (Fsp3) is 0.409. The van der Waals surface area contributed by atoms with Crippen LogP contribution in [0.2, 0.25) is 0 Å². The van der Waals surface area contributed by atoms with Crippen LogP contribution < -0.4 is 5.32 Å². The van der Waals surface area contributed by atoms with E-state index >= 15 is 0 Å². The topological polar surface area (TPSA) is 65.5 Å². The third-order valence-electron chi connectivity index (χ3n) is 5.75. The van der Waals surface area contributed by atoms with Crippen molar-refractivity contribution in [3.05, 3.63) is 65.7 Å². The lowest BCUT2D eigenvalue weighted by Gasteiger charge is -2.41. The number of benzene rings is 1. The van der Waals surface area contributed by atoms with Crippen molar-refractivity contribution in [3.8, 4) is 0 Å². The molecule has 2 saturated heterocycles. The lowest BCUT2D eigenvalue weighted by molar-refractivity contribution is -0.140. The summed E-state index contributed by atoms with van der Waals surface area (Å²) < 4.78 is 13.7. The SMILES string of the molecule is Cl.Cl.O=C(c1ccncc1)N1CCCC(C(=O)N2CCNCC2c2cccc(F)c2)C1. The molecule has 6 nitrogen and oxygen atoms in total. The molecule has 2 unspecified atom stereocenters. The number of hydrogen-bond donors (Lipinski definition) is 1. The van der Waals surface area contributed by atoms with Gasteiger partial charge in [-0.1, -0.05) is 12.1 Å². The van der Waals surface area contributed by atoms with Crippen molar-refractivity contribution in [2.75, 3.05) is 32.7 Å². The predicted octanol–water partition coefficient (Wildman–Crippen LogP) is 3.09. The highest BCUT2D eigenvalue weighted by atomic mass is 35.5. The summed E-state index contributed by atoms with van der Waals surface area (Å²) in [4.78, 5) is 33.8. The average Bonchev–Trinajstić information content (AvgIpc) is 2.79. The van der Waals surface area contributed by atoms with E-state index in [1.807, 2.05) is 11.0 Å². The summed E-state index contributed by atoms with van der Waals surface area (Å²) in [6.45, 7) is 2.96. The van der Waals surface area contributed by atoms with Gasteiger partial charge in [0.1, 0.15) is 5.82 Å². The number of piperazine rings is 1. The summed E-state index contributed by atoms with van der Waals surface area (Å²) in [6.07, 6.45) is 4.76. The van der Waals surface area contributed by atoms with E-state index in [1.54, 1.807) is 35.5 Å². The number of hydrogen-bond acceptors (Lipinski definition) is 4. The van der Waals surface area contributed by atoms with E-state index in [2.05, 4.69) is 10.3 Å². The Morgan fingerprint density at radius 3 is 2.61 bits per heavy atom. The second kappa shape index (κ2) is 11.4. The number of amides is 2. The van der Waals surface area contributed by atoms with Crippen LogP contribution in [0.15, 0.2) is 48.8 Å². The Morgan fingerprint density at radius 2 is 1.87 bits per heavy atom. The Kier molecular flexibility index (Phi) is 9.22. The van der Waals surface area contributed by atoms with Crippen LogP contribution in [-0.2, 0) is 4.79 Å². The lowest BCUT2D eigenvalue weighted by atomic mass is 9.93. The maximum Gasteiger partial charge on any atom is 0.253 e. The molecule has 0 aliphatic carbocycles. The fourth-order valence-corrected chi connectivity index (χ4v) is 4.25. The van der Waals surface area contributed by atoms with E-state index in [4.69, 9.17) is 0 Å². The van der Waals surface area contributed by atoms with Crippen LogP contribution in [0.25, 0.3) is 0 Å². The summed E-state index contributed by atoms with van der Waals surface area (Å²) in [7, 11) is 0. The predicted molar refractivity (Wildman–Crippen MR) is 121 cm³/mol. The molecule has 1 N–H and O–H groups in total. The maximum absolute atomic E-state index is 13.7. The molecule has 2 aliphatic rings. The van der Waals surface area contributed by atoms with Gasteiger partial charge >= 0.3 is 0 Å². The fourth-order valence-electron chi connectivity index (χ4n) is 4.25. The van der Waals surface area contributed by atoms with Gasteiger partial charge in [0.05, 0.1) is 12.0 Å². The number of aromatic nitrogens is 1. The molecule has 1 aromatic carbocycles. The molecule has 4 rings (SSSR count). The van der Waals surface area contributed by atoms with Crippen LogP contribution in [0.5, 0.6) is 0 Å². The molecule has 2 fully saturated rings. The average molecular weight is 469 g/mol. The summed E-state index contributed by atoms with van der Waals surface area (Å²) in [5.74, 6) is -0.546. The first kappa shape index (κ1) is 25.0. The molecule has 0 bridgehead atoms. The van der Waals surface area contributed by atoms with E-state index in [1.165, 1.54) is 12.1 Å². The highest BCUT2D eigenvalue weighted by Crippen LogP contribution is 2.28. The molecule has 31 heavy (non-hydrogen) atoms. The van der Waals surface area contributed by atoms with Crippen molar-refractivity contribution in [2.24, 2.45) is 5.92 Å². The molecule has 0 spiro atoms. The molecule has 2 aromatic rings. The summed E-state index contributed by atoms with van der Waals surface area (Å²) in [5, 5.41) is 3.30. The summed E-state index contributed by atoms with van der Waals surface area (Å²) in [5.41, 5.74) is 1.39. The third kappa shape index (κ3) is 5.73. The molecular weight excluding hydrogens is 442 g/mol. The van der Waals surface area contributed by atoms with Gasteiger partial charge in [-0.2, -0.15) is 0 Å². The molecule has 1 aromatic heterocycles. The van der Waals surface area contributed by atoms with E-state index < -0.39 is 0 Å². The molecular formula is C22H27Cl2FN4O2. The number of nitrogens with zero attached hydrogens (tertiary/aromatic N) is 3. The smallest absolute Gasteiger partial charge is 0.253 e. The Balaban J connectivity index is 0.00000171. The van der Waals surface area contributed by atoms with Crippen LogP contribution >= 0.6 is 24.8 Å².